The fourth-order valence-electron chi connectivity index (χ4n) is 1.54. The van der Waals surface area contributed by atoms with Gasteiger partial charge in [0.25, 0.3) is 5.91 Å². The molecule has 1 aromatic carbocycles. The minimum Gasteiger partial charge on any atom is -0.494 e. The summed E-state index contributed by atoms with van der Waals surface area (Å²) in [7, 11) is 0. The van der Waals surface area contributed by atoms with E-state index in [1.807, 2.05) is 6.92 Å². The Kier molecular flexibility index (Phi) is 4.71. The van der Waals surface area contributed by atoms with E-state index < -0.39 is 18.0 Å². The summed E-state index contributed by atoms with van der Waals surface area (Å²) in [5, 5.41) is 8.99. The number of carbonyl (C=O) groups is 2. The molecule has 1 rings (SSSR count). The van der Waals surface area contributed by atoms with Crippen LogP contribution in [0.15, 0.2) is 24.3 Å². The zero-order valence-electron chi connectivity index (χ0n) is 10.7. The highest BCUT2D eigenvalue weighted by Crippen LogP contribution is 2.15. The van der Waals surface area contributed by atoms with Crippen LogP contribution in [0.25, 0.3) is 0 Å². The minimum atomic E-state index is -1.25. The first-order valence-electron chi connectivity index (χ1n) is 5.76. The molecule has 5 heteroatoms. The molecule has 0 fully saturated rings. The highest BCUT2D eigenvalue weighted by Gasteiger charge is 2.24. The Balaban J connectivity index is 2.92. The summed E-state index contributed by atoms with van der Waals surface area (Å²) in [6.45, 7) is 5.71. The van der Waals surface area contributed by atoms with Crippen LogP contribution in [0.3, 0.4) is 0 Å². The number of hydrogen-bond acceptors (Lipinski definition) is 3. The maximum atomic E-state index is 12.0. The molecule has 0 atom stereocenters. The third-order valence-electron chi connectivity index (χ3n) is 2.35. The van der Waals surface area contributed by atoms with Crippen molar-refractivity contribution in [2.45, 2.75) is 26.8 Å². The van der Waals surface area contributed by atoms with Gasteiger partial charge in [-0.25, -0.2) is 9.69 Å². The molecule has 0 aliphatic rings. The topological polar surface area (TPSA) is 66.8 Å². The van der Waals surface area contributed by atoms with Crippen LogP contribution in [0.2, 0.25) is 0 Å². The average Bonchev–Trinajstić information content (AvgIpc) is 2.29. The van der Waals surface area contributed by atoms with E-state index in [2.05, 4.69) is 0 Å². The van der Waals surface area contributed by atoms with Crippen LogP contribution in [-0.4, -0.2) is 34.7 Å². The molecule has 5 nitrogen and oxygen atoms in total. The van der Waals surface area contributed by atoms with Gasteiger partial charge in [0.15, 0.2) is 0 Å². The second-order valence-corrected chi connectivity index (χ2v) is 4.01. The van der Waals surface area contributed by atoms with Gasteiger partial charge in [-0.05, 0) is 45.0 Å². The van der Waals surface area contributed by atoms with Crippen molar-refractivity contribution in [3.8, 4) is 5.75 Å². The van der Waals surface area contributed by atoms with E-state index in [0.29, 0.717) is 17.9 Å². The summed E-state index contributed by atoms with van der Waals surface area (Å²) in [5.74, 6) is 0.126. The van der Waals surface area contributed by atoms with Crippen molar-refractivity contribution < 1.29 is 19.4 Å². The van der Waals surface area contributed by atoms with Crippen molar-refractivity contribution in [3.63, 3.8) is 0 Å². The Morgan fingerprint density at radius 3 is 2.22 bits per heavy atom. The molecule has 0 bridgehead atoms. The third-order valence-corrected chi connectivity index (χ3v) is 2.35. The van der Waals surface area contributed by atoms with Gasteiger partial charge >= 0.3 is 6.09 Å². The van der Waals surface area contributed by atoms with Crippen molar-refractivity contribution >= 4 is 12.0 Å². The summed E-state index contributed by atoms with van der Waals surface area (Å²) >= 11 is 0. The fraction of sp³-hybridized carbons (Fsp3) is 0.385. The molecule has 0 radical (unpaired) electrons. The first kappa shape index (κ1) is 14.0. The fourth-order valence-corrected chi connectivity index (χ4v) is 1.54. The Labute approximate surface area is 106 Å². The molecule has 0 aliphatic carbocycles. The lowest BCUT2D eigenvalue weighted by Crippen LogP contribution is -2.40. The summed E-state index contributed by atoms with van der Waals surface area (Å²) in [6.07, 6.45) is -1.25. The normalized spacial score (nSPS) is 10.2. The first-order valence-corrected chi connectivity index (χ1v) is 5.76. The first-order chi connectivity index (χ1) is 8.47. The largest absolute Gasteiger partial charge is 0.494 e. The molecule has 18 heavy (non-hydrogen) atoms. The van der Waals surface area contributed by atoms with E-state index in [-0.39, 0.29) is 0 Å². The third kappa shape index (κ3) is 3.23. The lowest BCUT2D eigenvalue weighted by molar-refractivity contribution is 0.0693. The quantitative estimate of drug-likeness (QED) is 0.893. The van der Waals surface area contributed by atoms with Gasteiger partial charge in [0.2, 0.25) is 0 Å². The summed E-state index contributed by atoms with van der Waals surface area (Å²) in [5.41, 5.74) is 0.328. The van der Waals surface area contributed by atoms with Crippen molar-refractivity contribution in [3.05, 3.63) is 29.8 Å². The van der Waals surface area contributed by atoms with Crippen LogP contribution in [0.5, 0.6) is 5.75 Å². The van der Waals surface area contributed by atoms with Gasteiger partial charge in [0.05, 0.1) is 6.61 Å². The number of carboxylic acid groups (broad SMARTS) is 1. The maximum absolute atomic E-state index is 12.0. The molecular formula is C13H17NO4. The minimum absolute atomic E-state index is 0.328. The predicted molar refractivity (Wildman–Crippen MR) is 66.9 cm³/mol. The highest BCUT2D eigenvalue weighted by atomic mass is 16.5. The number of carbonyl (C=O) groups excluding carboxylic acids is 1. The zero-order chi connectivity index (χ0) is 13.7. The van der Waals surface area contributed by atoms with Crippen molar-refractivity contribution in [1.82, 2.24) is 4.90 Å². The van der Waals surface area contributed by atoms with E-state index in [1.54, 1.807) is 38.1 Å². The van der Waals surface area contributed by atoms with Crippen LogP contribution in [0.1, 0.15) is 31.1 Å². The second-order valence-electron chi connectivity index (χ2n) is 4.01. The molecule has 1 aromatic rings. The average molecular weight is 251 g/mol. The maximum Gasteiger partial charge on any atom is 0.414 e. The van der Waals surface area contributed by atoms with Crippen molar-refractivity contribution in [2.75, 3.05) is 6.61 Å². The molecule has 0 spiro atoms. The molecule has 0 saturated heterocycles. The molecule has 1 N–H and O–H groups in total. The van der Waals surface area contributed by atoms with Gasteiger partial charge in [0, 0.05) is 11.6 Å². The molecule has 98 valence electrons. The van der Waals surface area contributed by atoms with Gasteiger partial charge in [-0.2, -0.15) is 0 Å². The summed E-state index contributed by atoms with van der Waals surface area (Å²) in [4.78, 5) is 23.8. The van der Waals surface area contributed by atoms with Crippen LogP contribution in [-0.2, 0) is 0 Å². The Hall–Kier alpha value is -2.04. The predicted octanol–water partition coefficient (Wildman–Crippen LogP) is 2.61. The van der Waals surface area contributed by atoms with Crippen LogP contribution >= 0.6 is 0 Å². The van der Waals surface area contributed by atoms with E-state index in [0.717, 1.165) is 4.90 Å². The van der Waals surface area contributed by atoms with E-state index in [1.165, 1.54) is 0 Å². The van der Waals surface area contributed by atoms with Gasteiger partial charge in [-0.1, -0.05) is 0 Å². The Morgan fingerprint density at radius 1 is 1.28 bits per heavy atom. The SMILES string of the molecule is CCOc1ccc(C(=O)N(C(=O)O)C(C)C)cc1. The molecule has 0 saturated carbocycles. The van der Waals surface area contributed by atoms with Crippen LogP contribution in [0, 0.1) is 0 Å². The molecule has 0 heterocycles. The van der Waals surface area contributed by atoms with E-state index in [9.17, 15) is 9.59 Å². The monoisotopic (exact) mass is 251 g/mol. The smallest absolute Gasteiger partial charge is 0.414 e. The second kappa shape index (κ2) is 6.05. The Bertz CT molecular complexity index is 425. The van der Waals surface area contributed by atoms with Gasteiger partial charge in [-0.3, -0.25) is 4.79 Å². The number of rotatable bonds is 4. The number of amides is 2. The summed E-state index contributed by atoms with van der Waals surface area (Å²) < 4.78 is 5.25. The lowest BCUT2D eigenvalue weighted by Gasteiger charge is -2.21. The molecular weight excluding hydrogens is 234 g/mol. The number of nitrogens with zero attached hydrogens (tertiary/aromatic N) is 1. The van der Waals surface area contributed by atoms with E-state index >= 15 is 0 Å². The number of imide groups is 1. The van der Waals surface area contributed by atoms with Crippen molar-refractivity contribution in [2.24, 2.45) is 0 Å². The van der Waals surface area contributed by atoms with E-state index in [4.69, 9.17) is 9.84 Å². The molecule has 2 amide bonds. The van der Waals surface area contributed by atoms with Crippen LogP contribution in [0.4, 0.5) is 4.79 Å². The Morgan fingerprint density at radius 2 is 1.83 bits per heavy atom. The van der Waals surface area contributed by atoms with Gasteiger partial charge in [0.1, 0.15) is 5.75 Å². The highest BCUT2D eigenvalue weighted by molar-refractivity contribution is 6.02. The number of hydrogen-bond donors (Lipinski definition) is 1. The molecule has 0 unspecified atom stereocenters. The zero-order valence-corrected chi connectivity index (χ0v) is 10.7. The molecule has 0 aromatic heterocycles. The van der Waals surface area contributed by atoms with Crippen molar-refractivity contribution in [1.29, 1.82) is 0 Å². The summed E-state index contributed by atoms with van der Waals surface area (Å²) in [6, 6.07) is 6.02. The van der Waals surface area contributed by atoms with Gasteiger partial charge < -0.3 is 9.84 Å². The standard InChI is InChI=1S/C13H17NO4/c1-4-18-11-7-5-10(6-8-11)12(15)14(9(2)3)13(16)17/h5-9H,4H2,1-3H3,(H,16,17). The van der Waals surface area contributed by atoms with Crippen LogP contribution < -0.4 is 4.74 Å². The van der Waals surface area contributed by atoms with Gasteiger partial charge in [-0.15, -0.1) is 0 Å². The number of benzene rings is 1. The molecule has 0 aliphatic heterocycles. The lowest BCUT2D eigenvalue weighted by atomic mass is 10.1. The number of ether oxygens (including phenoxy) is 1.